The van der Waals surface area contributed by atoms with Gasteiger partial charge in [-0.05, 0) is 29.8 Å². The highest BCUT2D eigenvalue weighted by atomic mass is 16.4. The topological polar surface area (TPSA) is 86.6 Å². The van der Waals surface area contributed by atoms with Gasteiger partial charge in [0.25, 0.3) is 5.91 Å². The van der Waals surface area contributed by atoms with Crippen LogP contribution >= 0.6 is 0 Å². The molecule has 0 unspecified atom stereocenters. The molecule has 0 aliphatic heterocycles. The van der Waals surface area contributed by atoms with E-state index in [1.165, 1.54) is 24.3 Å². The summed E-state index contributed by atoms with van der Waals surface area (Å²) in [7, 11) is 0. The van der Waals surface area contributed by atoms with E-state index in [0.717, 1.165) is 0 Å². The molecule has 5 heteroatoms. The largest absolute Gasteiger partial charge is 0.508 e. The van der Waals surface area contributed by atoms with Crippen molar-refractivity contribution in [3.8, 4) is 5.75 Å². The molecule has 0 aliphatic rings. The number of carboxylic acids is 1. The minimum absolute atomic E-state index is 0.0411. The Balaban J connectivity index is 2.19. The maximum Gasteiger partial charge on any atom is 0.330 e. The van der Waals surface area contributed by atoms with Gasteiger partial charge in [-0.2, -0.15) is 0 Å². The van der Waals surface area contributed by atoms with Gasteiger partial charge in [0.1, 0.15) is 5.75 Å². The first-order chi connectivity index (χ1) is 9.58. The number of aliphatic carboxylic acids is 1. The van der Waals surface area contributed by atoms with Gasteiger partial charge in [0.05, 0.1) is 0 Å². The number of carboxylic acid groups (broad SMARTS) is 1. The van der Waals surface area contributed by atoms with E-state index in [1.54, 1.807) is 30.3 Å². The Morgan fingerprint density at radius 2 is 1.55 bits per heavy atom. The van der Waals surface area contributed by atoms with E-state index in [1.807, 2.05) is 0 Å². The molecule has 0 saturated carbocycles. The van der Waals surface area contributed by atoms with E-state index in [-0.39, 0.29) is 11.3 Å². The summed E-state index contributed by atoms with van der Waals surface area (Å²) in [5.74, 6) is -1.61. The molecule has 0 radical (unpaired) electrons. The first-order valence-corrected chi connectivity index (χ1v) is 5.95. The van der Waals surface area contributed by atoms with E-state index in [9.17, 15) is 14.7 Å². The molecule has 0 saturated heterocycles. The Bertz CT molecular complexity index is 608. The van der Waals surface area contributed by atoms with E-state index >= 15 is 0 Å². The number of rotatable bonds is 4. The SMILES string of the molecule is O=C(N[C@H](C(=O)O)c1ccccc1)c1ccc(O)cc1. The third kappa shape index (κ3) is 3.14. The van der Waals surface area contributed by atoms with Gasteiger partial charge in [-0.1, -0.05) is 30.3 Å². The van der Waals surface area contributed by atoms with E-state index < -0.39 is 17.9 Å². The van der Waals surface area contributed by atoms with Crippen LogP contribution in [-0.4, -0.2) is 22.1 Å². The van der Waals surface area contributed by atoms with E-state index in [2.05, 4.69) is 5.32 Å². The second-order valence-electron chi connectivity index (χ2n) is 4.20. The Morgan fingerprint density at radius 3 is 2.10 bits per heavy atom. The molecule has 0 fully saturated rings. The number of hydrogen-bond donors (Lipinski definition) is 3. The zero-order valence-corrected chi connectivity index (χ0v) is 10.5. The zero-order chi connectivity index (χ0) is 14.5. The van der Waals surface area contributed by atoms with Gasteiger partial charge < -0.3 is 15.5 Å². The number of nitrogens with one attached hydrogen (secondary N) is 1. The van der Waals surface area contributed by atoms with Crippen molar-refractivity contribution >= 4 is 11.9 Å². The first kappa shape index (κ1) is 13.6. The molecule has 2 aromatic carbocycles. The second kappa shape index (κ2) is 5.88. The molecule has 0 spiro atoms. The van der Waals surface area contributed by atoms with Crippen molar-refractivity contribution in [1.29, 1.82) is 0 Å². The zero-order valence-electron chi connectivity index (χ0n) is 10.5. The fourth-order valence-corrected chi connectivity index (χ4v) is 1.76. The van der Waals surface area contributed by atoms with Gasteiger partial charge >= 0.3 is 5.97 Å². The highest BCUT2D eigenvalue weighted by molar-refractivity contribution is 5.96. The molecular formula is C15H13NO4. The number of phenols is 1. The fourth-order valence-electron chi connectivity index (χ4n) is 1.76. The summed E-state index contributed by atoms with van der Waals surface area (Å²) in [6.45, 7) is 0. The molecular weight excluding hydrogens is 258 g/mol. The third-order valence-electron chi connectivity index (χ3n) is 2.78. The molecule has 3 N–H and O–H groups in total. The van der Waals surface area contributed by atoms with Crippen LogP contribution in [0.1, 0.15) is 22.0 Å². The number of aromatic hydroxyl groups is 1. The van der Waals surface area contributed by atoms with Gasteiger partial charge in [-0.15, -0.1) is 0 Å². The molecule has 20 heavy (non-hydrogen) atoms. The van der Waals surface area contributed by atoms with E-state index in [4.69, 9.17) is 5.11 Å². The fraction of sp³-hybridized carbons (Fsp3) is 0.0667. The Labute approximate surface area is 115 Å². The molecule has 1 amide bonds. The van der Waals surface area contributed by atoms with Crippen molar-refractivity contribution in [2.45, 2.75) is 6.04 Å². The maximum atomic E-state index is 12.0. The molecule has 0 aliphatic carbocycles. The second-order valence-corrected chi connectivity index (χ2v) is 4.20. The Kier molecular flexibility index (Phi) is 4.00. The predicted octanol–water partition coefficient (Wildman–Crippen LogP) is 1.95. The average molecular weight is 271 g/mol. The summed E-state index contributed by atoms with van der Waals surface area (Å²) in [6.07, 6.45) is 0. The number of carbonyl (C=O) groups excluding carboxylic acids is 1. The minimum atomic E-state index is -1.14. The third-order valence-corrected chi connectivity index (χ3v) is 2.78. The van der Waals surface area contributed by atoms with Gasteiger partial charge in [-0.25, -0.2) is 4.79 Å². The van der Waals surface area contributed by atoms with Crippen molar-refractivity contribution in [3.05, 3.63) is 65.7 Å². The number of hydrogen-bond acceptors (Lipinski definition) is 3. The summed E-state index contributed by atoms with van der Waals surface area (Å²) >= 11 is 0. The van der Waals surface area contributed by atoms with Gasteiger partial charge in [0, 0.05) is 5.56 Å². The summed E-state index contributed by atoms with van der Waals surface area (Å²) in [4.78, 5) is 23.3. The van der Waals surface area contributed by atoms with Crippen LogP contribution in [0.3, 0.4) is 0 Å². The van der Waals surface area contributed by atoms with Crippen molar-refractivity contribution in [2.75, 3.05) is 0 Å². The van der Waals surface area contributed by atoms with Gasteiger partial charge in [0.2, 0.25) is 0 Å². The van der Waals surface area contributed by atoms with Crippen LogP contribution in [0.2, 0.25) is 0 Å². The van der Waals surface area contributed by atoms with Crippen LogP contribution < -0.4 is 5.32 Å². The van der Waals surface area contributed by atoms with Crippen LogP contribution in [0.25, 0.3) is 0 Å². The van der Waals surface area contributed by atoms with Crippen molar-refractivity contribution in [2.24, 2.45) is 0 Å². The highest BCUT2D eigenvalue weighted by Gasteiger charge is 2.22. The summed E-state index contributed by atoms with van der Waals surface area (Å²) in [5.41, 5.74) is 0.775. The Morgan fingerprint density at radius 1 is 0.950 bits per heavy atom. The lowest BCUT2D eigenvalue weighted by molar-refractivity contribution is -0.139. The summed E-state index contributed by atoms with van der Waals surface area (Å²) in [5, 5.41) is 20.8. The molecule has 2 aromatic rings. The molecule has 2 rings (SSSR count). The lowest BCUT2D eigenvalue weighted by Crippen LogP contribution is -2.33. The van der Waals surface area contributed by atoms with Crippen molar-refractivity contribution in [1.82, 2.24) is 5.32 Å². The van der Waals surface area contributed by atoms with Crippen LogP contribution in [0.4, 0.5) is 0 Å². The maximum absolute atomic E-state index is 12.0. The number of carbonyl (C=O) groups is 2. The first-order valence-electron chi connectivity index (χ1n) is 5.95. The Hall–Kier alpha value is -2.82. The highest BCUT2D eigenvalue weighted by Crippen LogP contribution is 2.15. The molecule has 102 valence electrons. The smallest absolute Gasteiger partial charge is 0.330 e. The van der Waals surface area contributed by atoms with Crippen molar-refractivity contribution in [3.63, 3.8) is 0 Å². The number of benzene rings is 2. The monoisotopic (exact) mass is 271 g/mol. The lowest BCUT2D eigenvalue weighted by Gasteiger charge is -2.14. The molecule has 0 bridgehead atoms. The average Bonchev–Trinajstić information content (AvgIpc) is 2.46. The molecule has 0 heterocycles. The standard InChI is InChI=1S/C15H13NO4/c17-12-8-6-11(7-9-12)14(18)16-13(15(19)20)10-4-2-1-3-5-10/h1-9,13,17H,(H,16,18)(H,19,20)/t13-/m0/s1. The lowest BCUT2D eigenvalue weighted by atomic mass is 10.1. The van der Waals surface area contributed by atoms with Crippen LogP contribution in [0.5, 0.6) is 5.75 Å². The quantitative estimate of drug-likeness (QED) is 0.793. The normalized spacial score (nSPS) is 11.6. The predicted molar refractivity (Wildman–Crippen MR) is 72.4 cm³/mol. The van der Waals surface area contributed by atoms with Crippen molar-refractivity contribution < 1.29 is 19.8 Å². The summed E-state index contributed by atoms with van der Waals surface area (Å²) < 4.78 is 0. The molecule has 0 aromatic heterocycles. The van der Waals surface area contributed by atoms with Crippen LogP contribution in [0, 0.1) is 0 Å². The van der Waals surface area contributed by atoms with Gasteiger partial charge in [0.15, 0.2) is 6.04 Å². The molecule has 1 atom stereocenters. The summed E-state index contributed by atoms with van der Waals surface area (Å²) in [6, 6.07) is 12.9. The van der Waals surface area contributed by atoms with E-state index in [0.29, 0.717) is 5.56 Å². The van der Waals surface area contributed by atoms with Crippen LogP contribution in [-0.2, 0) is 4.79 Å². The minimum Gasteiger partial charge on any atom is -0.508 e. The number of amides is 1. The number of phenolic OH excluding ortho intramolecular Hbond substituents is 1. The molecule has 5 nitrogen and oxygen atoms in total. The van der Waals surface area contributed by atoms with Gasteiger partial charge in [-0.3, -0.25) is 4.79 Å². The van der Waals surface area contributed by atoms with Crippen LogP contribution in [0.15, 0.2) is 54.6 Å².